The van der Waals surface area contributed by atoms with Crippen LogP contribution in [0.2, 0.25) is 0 Å². The molecule has 0 unspecified atom stereocenters. The largest absolute Gasteiger partial charge is 0.359 e. The summed E-state index contributed by atoms with van der Waals surface area (Å²) in [6, 6.07) is 5.96. The van der Waals surface area contributed by atoms with Crippen LogP contribution in [0.1, 0.15) is 13.8 Å². The van der Waals surface area contributed by atoms with Crippen molar-refractivity contribution >= 4 is 21.5 Å². The first kappa shape index (κ1) is 13.4. The lowest BCUT2D eigenvalue weighted by molar-refractivity contribution is -0.112. The van der Waals surface area contributed by atoms with E-state index in [1.54, 1.807) is 19.1 Å². The third kappa shape index (κ3) is 4.38. The molecular formula is C11H14N2O3S. The fourth-order valence-electron chi connectivity index (χ4n) is 1.30. The molecule has 0 amide bonds. The van der Waals surface area contributed by atoms with Gasteiger partial charge in [-0.05, 0) is 44.2 Å². The molecule has 5 nitrogen and oxygen atoms in total. The predicted molar refractivity (Wildman–Crippen MR) is 65.9 cm³/mol. The van der Waals surface area contributed by atoms with Gasteiger partial charge in [0.05, 0.1) is 4.90 Å². The first-order valence-electron chi connectivity index (χ1n) is 4.88. The standard InChI is InChI=1S/C11H14N2O3S/c1-8(7-9(2)14)13-10-3-5-11(6-4-10)17(12,15)16/h3-7,13H,1-2H3,(H2,12,15,16)/b8-7+. The van der Waals surface area contributed by atoms with Crippen molar-refractivity contribution in [1.29, 1.82) is 0 Å². The maximum absolute atomic E-state index is 11.0. The van der Waals surface area contributed by atoms with E-state index in [-0.39, 0.29) is 10.7 Å². The highest BCUT2D eigenvalue weighted by Crippen LogP contribution is 2.14. The summed E-state index contributed by atoms with van der Waals surface area (Å²) in [4.78, 5) is 10.9. The molecule has 0 saturated heterocycles. The van der Waals surface area contributed by atoms with Gasteiger partial charge in [0.15, 0.2) is 5.78 Å². The second-order valence-electron chi connectivity index (χ2n) is 3.63. The van der Waals surface area contributed by atoms with Crippen molar-refractivity contribution in [3.63, 3.8) is 0 Å². The molecule has 17 heavy (non-hydrogen) atoms. The number of anilines is 1. The number of primary sulfonamides is 1. The molecule has 0 heterocycles. The number of rotatable bonds is 4. The highest BCUT2D eigenvalue weighted by Gasteiger charge is 2.06. The summed E-state index contributed by atoms with van der Waals surface area (Å²) in [5.41, 5.74) is 1.37. The first-order valence-corrected chi connectivity index (χ1v) is 6.42. The third-order valence-corrected chi connectivity index (χ3v) is 2.87. The highest BCUT2D eigenvalue weighted by molar-refractivity contribution is 7.89. The number of hydrogen-bond donors (Lipinski definition) is 2. The summed E-state index contributed by atoms with van der Waals surface area (Å²) in [7, 11) is -3.66. The maximum Gasteiger partial charge on any atom is 0.238 e. The van der Waals surface area contributed by atoms with Gasteiger partial charge in [0.2, 0.25) is 10.0 Å². The molecule has 0 aliphatic rings. The molecule has 3 N–H and O–H groups in total. The molecule has 0 bridgehead atoms. The fraction of sp³-hybridized carbons (Fsp3) is 0.182. The molecule has 92 valence electrons. The van der Waals surface area contributed by atoms with Crippen LogP contribution in [0.15, 0.2) is 40.9 Å². The van der Waals surface area contributed by atoms with Gasteiger partial charge in [-0.15, -0.1) is 0 Å². The summed E-state index contributed by atoms with van der Waals surface area (Å²) in [6.07, 6.45) is 1.45. The van der Waals surface area contributed by atoms with Gasteiger partial charge in [-0.3, -0.25) is 4.79 Å². The zero-order valence-corrected chi connectivity index (χ0v) is 10.4. The molecule has 6 heteroatoms. The van der Waals surface area contributed by atoms with Gasteiger partial charge in [0, 0.05) is 11.4 Å². The molecule has 1 aromatic carbocycles. The molecule has 0 spiro atoms. The minimum Gasteiger partial charge on any atom is -0.359 e. The zero-order chi connectivity index (χ0) is 13.1. The molecule has 0 radical (unpaired) electrons. The highest BCUT2D eigenvalue weighted by atomic mass is 32.2. The molecular weight excluding hydrogens is 240 g/mol. The molecule has 0 aliphatic heterocycles. The minimum absolute atomic E-state index is 0.0521. The molecule has 0 atom stereocenters. The molecule has 0 saturated carbocycles. The predicted octanol–water partition coefficient (Wildman–Crippen LogP) is 1.24. The van der Waals surface area contributed by atoms with Gasteiger partial charge >= 0.3 is 0 Å². The Morgan fingerprint density at radius 2 is 1.76 bits per heavy atom. The number of benzene rings is 1. The smallest absolute Gasteiger partial charge is 0.238 e. The normalized spacial score (nSPS) is 12.3. The second kappa shape index (κ2) is 5.11. The van der Waals surface area contributed by atoms with Gasteiger partial charge in [0.25, 0.3) is 0 Å². The van der Waals surface area contributed by atoms with Crippen LogP contribution < -0.4 is 10.5 Å². The Bertz CT molecular complexity index is 545. The van der Waals surface area contributed by atoms with Gasteiger partial charge in [-0.25, -0.2) is 13.6 Å². The molecule has 1 rings (SSSR count). The Morgan fingerprint density at radius 3 is 2.18 bits per heavy atom. The first-order chi connectivity index (χ1) is 7.79. The number of nitrogens with one attached hydrogen (secondary N) is 1. The summed E-state index contributed by atoms with van der Waals surface area (Å²) in [5, 5.41) is 7.93. The average molecular weight is 254 g/mol. The van der Waals surface area contributed by atoms with E-state index in [0.29, 0.717) is 11.4 Å². The van der Waals surface area contributed by atoms with Crippen molar-refractivity contribution in [3.8, 4) is 0 Å². The third-order valence-electron chi connectivity index (χ3n) is 1.94. The van der Waals surface area contributed by atoms with Crippen LogP contribution >= 0.6 is 0 Å². The fourth-order valence-corrected chi connectivity index (χ4v) is 1.81. The molecule has 0 aliphatic carbocycles. The summed E-state index contributed by atoms with van der Waals surface area (Å²) in [5.74, 6) is -0.0591. The number of carbonyl (C=O) groups is 1. The van der Waals surface area contributed by atoms with Crippen molar-refractivity contribution in [2.45, 2.75) is 18.7 Å². The van der Waals surface area contributed by atoms with E-state index < -0.39 is 10.0 Å². The quantitative estimate of drug-likeness (QED) is 0.791. The Morgan fingerprint density at radius 1 is 1.24 bits per heavy atom. The lowest BCUT2D eigenvalue weighted by atomic mass is 10.3. The SMILES string of the molecule is CC(=O)/C=C(\C)Nc1ccc(S(N)(=O)=O)cc1. The minimum atomic E-state index is -3.66. The van der Waals surface area contributed by atoms with Crippen molar-refractivity contribution < 1.29 is 13.2 Å². The number of hydrogen-bond acceptors (Lipinski definition) is 4. The van der Waals surface area contributed by atoms with Crippen molar-refractivity contribution in [3.05, 3.63) is 36.0 Å². The summed E-state index contributed by atoms with van der Waals surface area (Å²) < 4.78 is 22.0. The maximum atomic E-state index is 11.0. The van der Waals surface area contributed by atoms with Crippen LogP contribution in [0, 0.1) is 0 Å². The van der Waals surface area contributed by atoms with Gasteiger partial charge in [0.1, 0.15) is 0 Å². The lowest BCUT2D eigenvalue weighted by Gasteiger charge is -2.06. The van der Waals surface area contributed by atoms with E-state index in [9.17, 15) is 13.2 Å². The Labute approximate surface area is 100 Å². The number of allylic oxidation sites excluding steroid dienone is 2. The van der Waals surface area contributed by atoms with Crippen molar-refractivity contribution in [1.82, 2.24) is 0 Å². The topological polar surface area (TPSA) is 89.3 Å². The Hall–Kier alpha value is -1.66. The number of nitrogens with two attached hydrogens (primary N) is 1. The number of sulfonamides is 1. The van der Waals surface area contributed by atoms with E-state index in [2.05, 4.69) is 5.32 Å². The van der Waals surface area contributed by atoms with Gasteiger partial charge in [-0.2, -0.15) is 0 Å². The number of carbonyl (C=O) groups excluding carboxylic acids is 1. The molecule has 0 fully saturated rings. The van der Waals surface area contributed by atoms with Crippen molar-refractivity contribution in [2.75, 3.05) is 5.32 Å². The van der Waals surface area contributed by atoms with Crippen LogP contribution in [-0.4, -0.2) is 14.2 Å². The van der Waals surface area contributed by atoms with E-state index in [1.807, 2.05) is 0 Å². The van der Waals surface area contributed by atoms with E-state index in [0.717, 1.165) is 0 Å². The van der Waals surface area contributed by atoms with Crippen LogP contribution in [0.5, 0.6) is 0 Å². The van der Waals surface area contributed by atoms with Crippen LogP contribution in [-0.2, 0) is 14.8 Å². The summed E-state index contributed by atoms with van der Waals surface area (Å²) >= 11 is 0. The lowest BCUT2D eigenvalue weighted by Crippen LogP contribution is -2.11. The number of ketones is 1. The van der Waals surface area contributed by atoms with Gasteiger partial charge < -0.3 is 5.32 Å². The average Bonchev–Trinajstić information content (AvgIpc) is 2.15. The van der Waals surface area contributed by atoms with E-state index in [1.165, 1.54) is 25.1 Å². The second-order valence-corrected chi connectivity index (χ2v) is 5.19. The van der Waals surface area contributed by atoms with Crippen LogP contribution in [0.25, 0.3) is 0 Å². The summed E-state index contributed by atoms with van der Waals surface area (Å²) in [6.45, 7) is 3.20. The van der Waals surface area contributed by atoms with Gasteiger partial charge in [-0.1, -0.05) is 0 Å². The Balaban J connectivity index is 2.86. The monoisotopic (exact) mass is 254 g/mol. The molecule has 1 aromatic rings. The Kier molecular flexibility index (Phi) is 4.03. The van der Waals surface area contributed by atoms with Crippen LogP contribution in [0.3, 0.4) is 0 Å². The zero-order valence-electron chi connectivity index (χ0n) is 9.60. The van der Waals surface area contributed by atoms with Crippen molar-refractivity contribution in [2.24, 2.45) is 5.14 Å². The van der Waals surface area contributed by atoms with E-state index >= 15 is 0 Å². The van der Waals surface area contributed by atoms with Crippen LogP contribution in [0.4, 0.5) is 5.69 Å². The molecule has 0 aromatic heterocycles. The van der Waals surface area contributed by atoms with E-state index in [4.69, 9.17) is 5.14 Å².